The van der Waals surface area contributed by atoms with Crippen molar-refractivity contribution in [2.75, 3.05) is 18.2 Å². The summed E-state index contributed by atoms with van der Waals surface area (Å²) in [6.07, 6.45) is 3.19. The summed E-state index contributed by atoms with van der Waals surface area (Å²) in [7, 11) is 1.64. The molecule has 5 heteroatoms. The molecule has 0 aliphatic rings. The molecule has 17 heavy (non-hydrogen) atoms. The molecule has 5 nitrogen and oxygen atoms in total. The van der Waals surface area contributed by atoms with Gasteiger partial charge in [-0.2, -0.15) is 0 Å². The van der Waals surface area contributed by atoms with Gasteiger partial charge in [-0.05, 0) is 24.3 Å². The second kappa shape index (κ2) is 5.16. The number of nitrogen functional groups attached to an aromatic ring is 1. The fourth-order valence-electron chi connectivity index (χ4n) is 1.52. The van der Waals surface area contributed by atoms with Crippen molar-refractivity contribution < 1.29 is 4.74 Å². The zero-order chi connectivity index (χ0) is 12.1. The number of benzene rings is 1. The lowest BCUT2D eigenvalue weighted by molar-refractivity contribution is 0.410. The molecule has 0 aliphatic carbocycles. The minimum atomic E-state index is 0.602. The van der Waals surface area contributed by atoms with E-state index in [1.54, 1.807) is 19.4 Å². The van der Waals surface area contributed by atoms with Crippen LogP contribution in [0.5, 0.6) is 5.75 Å². The number of methoxy groups -OCH3 is 1. The molecule has 0 saturated carbocycles. The monoisotopic (exact) mass is 230 g/mol. The van der Waals surface area contributed by atoms with Gasteiger partial charge in [0.05, 0.1) is 7.11 Å². The van der Waals surface area contributed by atoms with Crippen molar-refractivity contribution in [3.8, 4) is 5.75 Å². The van der Waals surface area contributed by atoms with Crippen molar-refractivity contribution in [2.24, 2.45) is 0 Å². The van der Waals surface area contributed by atoms with Crippen LogP contribution >= 0.6 is 0 Å². The number of aromatic nitrogens is 2. The maximum Gasteiger partial charge on any atom is 0.129 e. The molecule has 0 radical (unpaired) electrons. The van der Waals surface area contributed by atoms with Gasteiger partial charge >= 0.3 is 0 Å². The highest BCUT2D eigenvalue weighted by Crippen LogP contribution is 2.21. The second-order valence-corrected chi connectivity index (χ2v) is 3.52. The molecule has 0 unspecified atom stereocenters. The van der Waals surface area contributed by atoms with Gasteiger partial charge < -0.3 is 15.8 Å². The van der Waals surface area contributed by atoms with Crippen LogP contribution in [0.1, 0.15) is 5.56 Å². The highest BCUT2D eigenvalue weighted by atomic mass is 16.5. The van der Waals surface area contributed by atoms with E-state index in [1.807, 2.05) is 18.2 Å². The van der Waals surface area contributed by atoms with E-state index >= 15 is 0 Å². The van der Waals surface area contributed by atoms with Gasteiger partial charge in [0.15, 0.2) is 0 Å². The van der Waals surface area contributed by atoms with Gasteiger partial charge in [-0.3, -0.25) is 0 Å². The van der Waals surface area contributed by atoms with Crippen LogP contribution in [-0.2, 0) is 6.54 Å². The third-order valence-corrected chi connectivity index (χ3v) is 2.35. The molecule has 0 bridgehead atoms. The van der Waals surface area contributed by atoms with Gasteiger partial charge in [0.1, 0.15) is 17.9 Å². The Hall–Kier alpha value is -2.30. The molecular formula is C12H14N4O. The van der Waals surface area contributed by atoms with Crippen LogP contribution in [-0.4, -0.2) is 17.1 Å². The van der Waals surface area contributed by atoms with E-state index in [9.17, 15) is 0 Å². The predicted molar refractivity (Wildman–Crippen MR) is 66.8 cm³/mol. The summed E-state index contributed by atoms with van der Waals surface area (Å²) < 4.78 is 5.26. The first-order valence-corrected chi connectivity index (χ1v) is 5.22. The summed E-state index contributed by atoms with van der Waals surface area (Å²) in [5, 5.41) is 3.18. The van der Waals surface area contributed by atoms with Crippen LogP contribution in [0.3, 0.4) is 0 Å². The number of nitrogens with one attached hydrogen (secondary N) is 1. The zero-order valence-electron chi connectivity index (χ0n) is 9.55. The number of hydrogen-bond acceptors (Lipinski definition) is 5. The summed E-state index contributed by atoms with van der Waals surface area (Å²) in [6, 6.07) is 7.35. The molecule has 0 aliphatic heterocycles. The number of ether oxygens (including phenoxy) is 1. The summed E-state index contributed by atoms with van der Waals surface area (Å²) >= 11 is 0. The topological polar surface area (TPSA) is 73.1 Å². The Bertz CT molecular complexity index is 487. The highest BCUT2D eigenvalue weighted by Gasteiger charge is 2.03. The fraction of sp³-hybridized carbons (Fsp3) is 0.167. The molecule has 0 amide bonds. The van der Waals surface area contributed by atoms with Crippen molar-refractivity contribution in [3.63, 3.8) is 0 Å². The minimum absolute atomic E-state index is 0.602. The summed E-state index contributed by atoms with van der Waals surface area (Å²) in [5.41, 5.74) is 7.45. The molecule has 88 valence electrons. The lowest BCUT2D eigenvalue weighted by Gasteiger charge is -2.10. The third-order valence-electron chi connectivity index (χ3n) is 2.35. The van der Waals surface area contributed by atoms with Gasteiger partial charge in [-0.25, -0.2) is 9.97 Å². The molecule has 3 N–H and O–H groups in total. The van der Waals surface area contributed by atoms with Crippen molar-refractivity contribution in [1.29, 1.82) is 0 Å². The van der Waals surface area contributed by atoms with E-state index in [-0.39, 0.29) is 0 Å². The first kappa shape index (κ1) is 11.2. The van der Waals surface area contributed by atoms with Gasteiger partial charge in [0.25, 0.3) is 0 Å². The Morgan fingerprint density at radius 3 is 2.94 bits per heavy atom. The third kappa shape index (κ3) is 2.84. The quantitative estimate of drug-likeness (QED) is 0.782. The van der Waals surface area contributed by atoms with Gasteiger partial charge in [-0.1, -0.05) is 0 Å². The number of rotatable bonds is 4. The van der Waals surface area contributed by atoms with E-state index in [1.165, 1.54) is 6.33 Å². The molecular weight excluding hydrogens is 216 g/mol. The Morgan fingerprint density at radius 1 is 1.35 bits per heavy atom. The number of nitrogens with zero attached hydrogens (tertiary/aromatic N) is 2. The SMILES string of the molecule is COc1ccc(N)cc1CNc1ccncn1. The van der Waals surface area contributed by atoms with Crippen LogP contribution in [0.25, 0.3) is 0 Å². The molecule has 1 aromatic carbocycles. The molecule has 1 heterocycles. The predicted octanol–water partition coefficient (Wildman–Crippen LogP) is 1.68. The first-order chi connectivity index (χ1) is 8.29. The molecule has 2 aromatic rings. The van der Waals surface area contributed by atoms with Crippen molar-refractivity contribution in [2.45, 2.75) is 6.54 Å². The van der Waals surface area contributed by atoms with Crippen molar-refractivity contribution in [3.05, 3.63) is 42.4 Å². The van der Waals surface area contributed by atoms with Gasteiger partial charge in [0, 0.05) is 24.0 Å². The smallest absolute Gasteiger partial charge is 0.129 e. The maximum atomic E-state index is 5.74. The Labute approximate surface area is 99.7 Å². The number of anilines is 2. The van der Waals surface area contributed by atoms with E-state index in [4.69, 9.17) is 10.5 Å². The average Bonchev–Trinajstić information content (AvgIpc) is 2.38. The van der Waals surface area contributed by atoms with Crippen LogP contribution in [0, 0.1) is 0 Å². The lowest BCUT2D eigenvalue weighted by Crippen LogP contribution is -2.03. The normalized spacial score (nSPS) is 9.94. The van der Waals surface area contributed by atoms with E-state index in [0.717, 1.165) is 17.1 Å². The van der Waals surface area contributed by atoms with Crippen LogP contribution in [0.2, 0.25) is 0 Å². The van der Waals surface area contributed by atoms with Crippen LogP contribution in [0.15, 0.2) is 36.8 Å². The van der Waals surface area contributed by atoms with Gasteiger partial charge in [-0.15, -0.1) is 0 Å². The molecule has 0 fully saturated rings. The van der Waals surface area contributed by atoms with E-state index < -0.39 is 0 Å². The van der Waals surface area contributed by atoms with E-state index in [0.29, 0.717) is 12.2 Å². The summed E-state index contributed by atoms with van der Waals surface area (Å²) in [4.78, 5) is 7.93. The maximum absolute atomic E-state index is 5.74. The summed E-state index contributed by atoms with van der Waals surface area (Å²) in [5.74, 6) is 1.57. The second-order valence-electron chi connectivity index (χ2n) is 3.52. The molecule has 0 saturated heterocycles. The first-order valence-electron chi connectivity index (χ1n) is 5.22. The van der Waals surface area contributed by atoms with E-state index in [2.05, 4.69) is 15.3 Å². The Morgan fingerprint density at radius 2 is 2.24 bits per heavy atom. The lowest BCUT2D eigenvalue weighted by atomic mass is 10.2. The standard InChI is InChI=1S/C12H14N4O/c1-17-11-3-2-10(13)6-9(11)7-15-12-4-5-14-8-16-12/h2-6,8H,7,13H2,1H3,(H,14,15,16). The van der Waals surface area contributed by atoms with Crippen molar-refractivity contribution in [1.82, 2.24) is 9.97 Å². The van der Waals surface area contributed by atoms with Crippen LogP contribution in [0.4, 0.5) is 11.5 Å². The minimum Gasteiger partial charge on any atom is -0.496 e. The zero-order valence-corrected chi connectivity index (χ0v) is 9.55. The molecule has 0 atom stereocenters. The molecule has 0 spiro atoms. The van der Waals surface area contributed by atoms with Gasteiger partial charge in [0.2, 0.25) is 0 Å². The Balaban J connectivity index is 2.11. The van der Waals surface area contributed by atoms with Crippen LogP contribution < -0.4 is 15.8 Å². The summed E-state index contributed by atoms with van der Waals surface area (Å²) in [6.45, 7) is 0.602. The molecule has 1 aromatic heterocycles. The largest absolute Gasteiger partial charge is 0.496 e. The Kier molecular flexibility index (Phi) is 3.40. The average molecular weight is 230 g/mol. The highest BCUT2D eigenvalue weighted by molar-refractivity contribution is 5.49. The number of nitrogens with two attached hydrogens (primary N) is 1. The molecule has 2 rings (SSSR count). The fourth-order valence-corrected chi connectivity index (χ4v) is 1.52. The van der Waals surface area contributed by atoms with Crippen molar-refractivity contribution >= 4 is 11.5 Å². The number of hydrogen-bond donors (Lipinski definition) is 2.